The highest BCUT2D eigenvalue weighted by Gasteiger charge is 2.18. The summed E-state index contributed by atoms with van der Waals surface area (Å²) in [5.74, 6) is 0.0433. The maximum Gasteiger partial charge on any atom is 0.260 e. The van der Waals surface area contributed by atoms with Crippen LogP contribution in [0.15, 0.2) is 42.5 Å². The minimum atomic E-state index is -0.350. The Morgan fingerprint density at radius 2 is 1.89 bits per heavy atom. The van der Waals surface area contributed by atoms with E-state index in [2.05, 4.69) is 5.32 Å². The number of aryl methyl sites for hydroxylation is 1. The number of ether oxygens (including phenoxy) is 1. The highest BCUT2D eigenvalue weighted by molar-refractivity contribution is 6.35. The number of rotatable bonds is 8. The Labute approximate surface area is 169 Å². The van der Waals surface area contributed by atoms with Gasteiger partial charge in [0.1, 0.15) is 5.75 Å². The first-order valence-electron chi connectivity index (χ1n) is 8.61. The molecule has 5 nitrogen and oxygen atoms in total. The average Bonchev–Trinajstić information content (AvgIpc) is 2.63. The number of anilines is 1. The SMILES string of the molecule is CCCN(CC(=O)Nc1cc(Cl)ccc1Cl)C(=O)COc1ccccc1C. The minimum absolute atomic E-state index is 0.0906. The molecule has 0 unspecified atom stereocenters. The molecule has 2 aromatic rings. The summed E-state index contributed by atoms with van der Waals surface area (Å²) in [6.07, 6.45) is 0.724. The second-order valence-corrected chi connectivity index (χ2v) is 6.89. The summed E-state index contributed by atoms with van der Waals surface area (Å²) in [6.45, 7) is 4.08. The Balaban J connectivity index is 1.97. The van der Waals surface area contributed by atoms with Crippen molar-refractivity contribution in [2.24, 2.45) is 0 Å². The maximum atomic E-state index is 12.5. The Morgan fingerprint density at radius 1 is 1.15 bits per heavy atom. The molecule has 0 saturated carbocycles. The van der Waals surface area contributed by atoms with Gasteiger partial charge in [0.05, 0.1) is 17.3 Å². The number of nitrogens with zero attached hydrogens (tertiary/aromatic N) is 1. The molecule has 2 rings (SSSR count). The molecule has 2 aromatic carbocycles. The molecule has 0 heterocycles. The van der Waals surface area contributed by atoms with Crippen LogP contribution >= 0.6 is 23.2 Å². The first kappa shape index (κ1) is 21.1. The summed E-state index contributed by atoms with van der Waals surface area (Å²) in [5, 5.41) is 3.53. The Kier molecular flexibility index (Phi) is 7.95. The third-order valence-electron chi connectivity index (χ3n) is 3.83. The molecule has 0 aliphatic heterocycles. The molecular weight excluding hydrogens is 387 g/mol. The molecule has 144 valence electrons. The second-order valence-electron chi connectivity index (χ2n) is 6.04. The van der Waals surface area contributed by atoms with Crippen LogP contribution in [0.2, 0.25) is 10.0 Å². The summed E-state index contributed by atoms with van der Waals surface area (Å²) >= 11 is 12.0. The van der Waals surface area contributed by atoms with Crippen LogP contribution in [0.4, 0.5) is 5.69 Å². The molecule has 27 heavy (non-hydrogen) atoms. The average molecular weight is 409 g/mol. The summed E-state index contributed by atoms with van der Waals surface area (Å²) in [4.78, 5) is 26.3. The summed E-state index contributed by atoms with van der Waals surface area (Å²) in [6, 6.07) is 12.3. The largest absolute Gasteiger partial charge is 0.484 e. The standard InChI is InChI=1S/C20H22Cl2N2O3/c1-3-10-24(20(26)13-27-18-7-5-4-6-14(18)2)12-19(25)23-17-11-15(21)8-9-16(17)22/h4-9,11H,3,10,12-13H2,1-2H3,(H,23,25). The smallest absolute Gasteiger partial charge is 0.260 e. The van der Waals surface area contributed by atoms with Gasteiger partial charge in [-0.3, -0.25) is 9.59 Å². The highest BCUT2D eigenvalue weighted by atomic mass is 35.5. The molecule has 0 fully saturated rings. The molecule has 0 atom stereocenters. The van der Waals surface area contributed by atoms with Gasteiger partial charge < -0.3 is 15.0 Å². The van der Waals surface area contributed by atoms with E-state index >= 15 is 0 Å². The van der Waals surface area contributed by atoms with Gasteiger partial charge in [-0.05, 0) is 43.2 Å². The molecule has 0 radical (unpaired) electrons. The first-order chi connectivity index (χ1) is 12.9. The monoisotopic (exact) mass is 408 g/mol. The van der Waals surface area contributed by atoms with E-state index in [9.17, 15) is 9.59 Å². The fourth-order valence-electron chi connectivity index (χ4n) is 2.47. The van der Waals surface area contributed by atoms with Crippen LogP contribution in [0.25, 0.3) is 0 Å². The summed E-state index contributed by atoms with van der Waals surface area (Å²) in [5.41, 5.74) is 1.36. The Hall–Kier alpha value is -2.24. The number of amides is 2. The number of halogens is 2. The van der Waals surface area contributed by atoms with Crippen LogP contribution in [0, 0.1) is 6.92 Å². The third-order valence-corrected chi connectivity index (χ3v) is 4.39. The number of hydrogen-bond donors (Lipinski definition) is 1. The van der Waals surface area contributed by atoms with Gasteiger partial charge in [-0.25, -0.2) is 0 Å². The van der Waals surface area contributed by atoms with Gasteiger partial charge in [-0.15, -0.1) is 0 Å². The topological polar surface area (TPSA) is 58.6 Å². The number of carbonyl (C=O) groups excluding carboxylic acids is 2. The lowest BCUT2D eigenvalue weighted by Gasteiger charge is -2.22. The molecule has 0 saturated heterocycles. The van der Waals surface area contributed by atoms with E-state index in [1.165, 1.54) is 4.90 Å². The zero-order chi connectivity index (χ0) is 19.8. The normalized spacial score (nSPS) is 10.4. The minimum Gasteiger partial charge on any atom is -0.484 e. The van der Waals surface area contributed by atoms with Crippen molar-refractivity contribution in [1.82, 2.24) is 4.90 Å². The van der Waals surface area contributed by atoms with Crippen LogP contribution in [0.3, 0.4) is 0 Å². The van der Waals surface area contributed by atoms with Crippen LogP contribution < -0.4 is 10.1 Å². The molecule has 7 heteroatoms. The van der Waals surface area contributed by atoms with Crippen LogP contribution in [-0.2, 0) is 9.59 Å². The van der Waals surface area contributed by atoms with E-state index in [1.54, 1.807) is 24.3 Å². The van der Waals surface area contributed by atoms with E-state index in [-0.39, 0.29) is 25.0 Å². The summed E-state index contributed by atoms with van der Waals surface area (Å²) < 4.78 is 5.60. The van der Waals surface area contributed by atoms with Gasteiger partial charge in [0.2, 0.25) is 5.91 Å². The highest BCUT2D eigenvalue weighted by Crippen LogP contribution is 2.25. The second kappa shape index (κ2) is 10.2. The molecule has 0 aliphatic rings. The van der Waals surface area contributed by atoms with E-state index in [0.717, 1.165) is 12.0 Å². The number of hydrogen-bond acceptors (Lipinski definition) is 3. The number of benzene rings is 2. The van der Waals surface area contributed by atoms with Gasteiger partial charge in [0.15, 0.2) is 6.61 Å². The van der Waals surface area contributed by atoms with Gasteiger partial charge in [-0.2, -0.15) is 0 Å². The fourth-order valence-corrected chi connectivity index (χ4v) is 2.80. The Bertz CT molecular complexity index is 812. The van der Waals surface area contributed by atoms with E-state index < -0.39 is 0 Å². The van der Waals surface area contributed by atoms with E-state index in [4.69, 9.17) is 27.9 Å². The van der Waals surface area contributed by atoms with Crippen LogP contribution in [-0.4, -0.2) is 36.4 Å². The molecule has 1 N–H and O–H groups in total. The molecule has 0 aliphatic carbocycles. The van der Waals surface area contributed by atoms with Gasteiger partial charge >= 0.3 is 0 Å². The molecule has 0 aromatic heterocycles. The number of para-hydroxylation sites is 1. The van der Waals surface area contributed by atoms with Crippen LogP contribution in [0.5, 0.6) is 5.75 Å². The predicted molar refractivity (Wildman–Crippen MR) is 109 cm³/mol. The summed E-state index contributed by atoms with van der Waals surface area (Å²) in [7, 11) is 0. The van der Waals surface area contributed by atoms with Gasteiger partial charge in [0.25, 0.3) is 5.91 Å². The molecular formula is C20H22Cl2N2O3. The third kappa shape index (κ3) is 6.45. The van der Waals surface area contributed by atoms with Crippen molar-refractivity contribution in [2.75, 3.05) is 25.0 Å². The van der Waals surface area contributed by atoms with Crippen molar-refractivity contribution in [1.29, 1.82) is 0 Å². The fraction of sp³-hybridized carbons (Fsp3) is 0.300. The van der Waals surface area contributed by atoms with Crippen molar-refractivity contribution >= 4 is 40.7 Å². The van der Waals surface area contributed by atoms with Gasteiger partial charge in [-0.1, -0.05) is 48.3 Å². The van der Waals surface area contributed by atoms with Crippen molar-refractivity contribution in [3.8, 4) is 5.75 Å². The zero-order valence-electron chi connectivity index (χ0n) is 15.3. The van der Waals surface area contributed by atoms with E-state index in [1.807, 2.05) is 32.0 Å². The zero-order valence-corrected chi connectivity index (χ0v) is 16.8. The quantitative estimate of drug-likeness (QED) is 0.696. The van der Waals surface area contributed by atoms with Crippen molar-refractivity contribution in [3.05, 3.63) is 58.1 Å². The lowest BCUT2D eigenvalue weighted by molar-refractivity contribution is -0.136. The lowest BCUT2D eigenvalue weighted by atomic mass is 10.2. The van der Waals surface area contributed by atoms with Crippen LogP contribution in [0.1, 0.15) is 18.9 Å². The van der Waals surface area contributed by atoms with Crippen molar-refractivity contribution in [2.45, 2.75) is 20.3 Å². The van der Waals surface area contributed by atoms with Gasteiger partial charge in [0, 0.05) is 11.6 Å². The number of carbonyl (C=O) groups is 2. The molecule has 0 spiro atoms. The number of nitrogens with one attached hydrogen (secondary N) is 1. The van der Waals surface area contributed by atoms with Crippen molar-refractivity contribution in [3.63, 3.8) is 0 Å². The Morgan fingerprint density at radius 3 is 2.59 bits per heavy atom. The molecule has 0 bridgehead atoms. The molecule has 2 amide bonds. The van der Waals surface area contributed by atoms with E-state index in [0.29, 0.717) is 28.0 Å². The lowest BCUT2D eigenvalue weighted by Crippen LogP contribution is -2.41. The predicted octanol–water partition coefficient (Wildman–Crippen LogP) is 4.56. The first-order valence-corrected chi connectivity index (χ1v) is 9.37. The van der Waals surface area contributed by atoms with Crippen molar-refractivity contribution < 1.29 is 14.3 Å². The maximum absolute atomic E-state index is 12.5.